The predicted molar refractivity (Wildman–Crippen MR) is 94.6 cm³/mol. The lowest BCUT2D eigenvalue weighted by Crippen LogP contribution is -2.35. The molecule has 4 rings (SSSR count). The van der Waals surface area contributed by atoms with Crippen molar-refractivity contribution in [2.24, 2.45) is 7.05 Å². The molecule has 0 amide bonds. The first-order valence-corrected chi connectivity index (χ1v) is 9.28. The Balaban J connectivity index is 1.50. The number of hydrogen-bond acceptors (Lipinski definition) is 7. The standard InChI is InChI=1S/C16H21N7OS/c1-21-14(9-23-7-3-5-17-23)19-20-15(21)12-4-2-6-22(8-12)16-18-13(10-24)11-25-16/h3,5,7,11-12,24H,2,4,6,8-10H2,1H3/t12-/m0/s1. The molecule has 1 aliphatic heterocycles. The van der Waals surface area contributed by atoms with Crippen molar-refractivity contribution in [3.05, 3.63) is 41.2 Å². The van der Waals surface area contributed by atoms with Gasteiger partial charge in [-0.05, 0) is 18.9 Å². The second-order valence-electron chi connectivity index (χ2n) is 6.30. The maximum atomic E-state index is 9.22. The molecule has 3 aromatic rings. The molecule has 1 fully saturated rings. The van der Waals surface area contributed by atoms with Gasteiger partial charge in [-0.15, -0.1) is 21.5 Å². The summed E-state index contributed by atoms with van der Waals surface area (Å²) >= 11 is 1.59. The second-order valence-corrected chi connectivity index (χ2v) is 7.14. The predicted octanol–water partition coefficient (Wildman–Crippen LogP) is 1.39. The molecule has 9 heteroatoms. The Labute approximate surface area is 149 Å². The van der Waals surface area contributed by atoms with Crippen LogP contribution in [0.15, 0.2) is 23.8 Å². The van der Waals surface area contributed by atoms with E-state index in [1.165, 1.54) is 0 Å². The van der Waals surface area contributed by atoms with E-state index in [-0.39, 0.29) is 6.61 Å². The van der Waals surface area contributed by atoms with Gasteiger partial charge in [0.2, 0.25) is 0 Å². The lowest BCUT2D eigenvalue weighted by atomic mass is 9.97. The smallest absolute Gasteiger partial charge is 0.185 e. The molecule has 1 aliphatic rings. The van der Waals surface area contributed by atoms with E-state index in [9.17, 15) is 5.11 Å². The molecule has 0 bridgehead atoms. The number of aromatic nitrogens is 6. The highest BCUT2D eigenvalue weighted by molar-refractivity contribution is 7.13. The molecule has 1 N–H and O–H groups in total. The van der Waals surface area contributed by atoms with Crippen molar-refractivity contribution in [1.29, 1.82) is 0 Å². The van der Waals surface area contributed by atoms with E-state index in [2.05, 4.69) is 29.7 Å². The highest BCUT2D eigenvalue weighted by atomic mass is 32.1. The van der Waals surface area contributed by atoms with Crippen LogP contribution < -0.4 is 4.90 Å². The van der Waals surface area contributed by atoms with Crippen LogP contribution in [0.5, 0.6) is 0 Å². The number of nitrogens with zero attached hydrogens (tertiary/aromatic N) is 7. The zero-order chi connectivity index (χ0) is 17.2. The third-order valence-corrected chi connectivity index (χ3v) is 5.57. The first kappa shape index (κ1) is 16.2. The van der Waals surface area contributed by atoms with Crippen LogP contribution in [0.25, 0.3) is 0 Å². The average Bonchev–Trinajstić information content (AvgIpc) is 3.38. The lowest BCUT2D eigenvalue weighted by molar-refractivity contribution is 0.277. The highest BCUT2D eigenvalue weighted by Crippen LogP contribution is 2.30. The summed E-state index contributed by atoms with van der Waals surface area (Å²) in [6.07, 6.45) is 5.89. The van der Waals surface area contributed by atoms with E-state index in [4.69, 9.17) is 0 Å². The molecule has 0 unspecified atom stereocenters. The molecule has 0 saturated carbocycles. The average molecular weight is 359 g/mol. The first-order chi connectivity index (χ1) is 12.2. The Bertz CT molecular complexity index is 826. The summed E-state index contributed by atoms with van der Waals surface area (Å²) in [5.41, 5.74) is 0.738. The summed E-state index contributed by atoms with van der Waals surface area (Å²) in [6, 6.07) is 1.91. The number of piperidine rings is 1. The highest BCUT2D eigenvalue weighted by Gasteiger charge is 2.27. The maximum Gasteiger partial charge on any atom is 0.185 e. The summed E-state index contributed by atoms with van der Waals surface area (Å²) in [7, 11) is 2.03. The molecule has 3 aromatic heterocycles. The van der Waals surface area contributed by atoms with E-state index in [0.29, 0.717) is 12.5 Å². The molecule has 8 nitrogen and oxygen atoms in total. The fourth-order valence-electron chi connectivity index (χ4n) is 3.28. The molecule has 1 saturated heterocycles. The van der Waals surface area contributed by atoms with Gasteiger partial charge in [0.05, 0.1) is 12.3 Å². The van der Waals surface area contributed by atoms with Crippen LogP contribution in [-0.4, -0.2) is 47.7 Å². The summed E-state index contributed by atoms with van der Waals surface area (Å²) in [6.45, 7) is 2.49. The number of thiazole rings is 1. The molecular formula is C16H21N7OS. The molecule has 0 spiro atoms. The third kappa shape index (κ3) is 3.29. The number of anilines is 1. The van der Waals surface area contributed by atoms with Crippen LogP contribution in [0.1, 0.15) is 36.1 Å². The fourth-order valence-corrected chi connectivity index (χ4v) is 4.14. The van der Waals surface area contributed by atoms with Crippen LogP contribution >= 0.6 is 11.3 Å². The fraction of sp³-hybridized carbons (Fsp3) is 0.500. The van der Waals surface area contributed by atoms with Gasteiger partial charge >= 0.3 is 0 Å². The Morgan fingerprint density at radius 3 is 3.04 bits per heavy atom. The van der Waals surface area contributed by atoms with Gasteiger partial charge in [-0.1, -0.05) is 0 Å². The topological polar surface area (TPSA) is 84.9 Å². The molecule has 0 radical (unpaired) electrons. The molecule has 1 atom stereocenters. The van der Waals surface area contributed by atoms with Gasteiger partial charge in [-0.25, -0.2) is 4.98 Å². The van der Waals surface area contributed by atoms with Crippen molar-refractivity contribution in [2.45, 2.75) is 31.9 Å². The van der Waals surface area contributed by atoms with E-state index in [1.807, 2.05) is 29.4 Å². The van der Waals surface area contributed by atoms with Crippen molar-refractivity contribution in [3.63, 3.8) is 0 Å². The Morgan fingerprint density at radius 1 is 1.36 bits per heavy atom. The van der Waals surface area contributed by atoms with Crippen molar-refractivity contribution in [2.75, 3.05) is 18.0 Å². The summed E-state index contributed by atoms with van der Waals surface area (Å²) in [5, 5.41) is 25.2. The monoisotopic (exact) mass is 359 g/mol. The molecular weight excluding hydrogens is 338 g/mol. The van der Waals surface area contributed by atoms with Gasteiger partial charge in [0.1, 0.15) is 12.4 Å². The van der Waals surface area contributed by atoms with E-state index in [0.717, 1.165) is 48.4 Å². The van der Waals surface area contributed by atoms with Crippen molar-refractivity contribution in [3.8, 4) is 0 Å². The van der Waals surface area contributed by atoms with Gasteiger partial charge in [0, 0.05) is 43.8 Å². The molecule has 0 aliphatic carbocycles. The minimum absolute atomic E-state index is 0.00611. The lowest BCUT2D eigenvalue weighted by Gasteiger charge is -2.32. The van der Waals surface area contributed by atoms with Crippen LogP contribution in [0.3, 0.4) is 0 Å². The minimum Gasteiger partial charge on any atom is -0.390 e. The van der Waals surface area contributed by atoms with Crippen LogP contribution in [0, 0.1) is 0 Å². The van der Waals surface area contributed by atoms with Crippen LogP contribution in [0.2, 0.25) is 0 Å². The number of aliphatic hydroxyl groups excluding tert-OH is 1. The number of rotatable bonds is 5. The zero-order valence-electron chi connectivity index (χ0n) is 14.1. The second kappa shape index (κ2) is 6.93. The molecule has 4 heterocycles. The van der Waals surface area contributed by atoms with Gasteiger partial charge in [-0.2, -0.15) is 5.10 Å². The van der Waals surface area contributed by atoms with Gasteiger partial charge in [0.15, 0.2) is 11.0 Å². The quantitative estimate of drug-likeness (QED) is 0.741. The van der Waals surface area contributed by atoms with Gasteiger partial charge in [0.25, 0.3) is 0 Å². The Morgan fingerprint density at radius 2 is 2.28 bits per heavy atom. The van der Waals surface area contributed by atoms with Crippen LogP contribution in [-0.2, 0) is 20.2 Å². The maximum absolute atomic E-state index is 9.22. The number of aliphatic hydroxyl groups is 1. The Hall–Kier alpha value is -2.26. The molecule has 132 valence electrons. The summed E-state index contributed by atoms with van der Waals surface area (Å²) in [5.74, 6) is 2.26. The van der Waals surface area contributed by atoms with Crippen molar-refractivity contribution < 1.29 is 5.11 Å². The third-order valence-electron chi connectivity index (χ3n) is 4.62. The Kier molecular flexibility index (Phi) is 4.50. The minimum atomic E-state index is -0.00611. The van der Waals surface area contributed by atoms with Gasteiger partial charge < -0.3 is 14.6 Å². The van der Waals surface area contributed by atoms with Crippen molar-refractivity contribution in [1.82, 2.24) is 29.5 Å². The van der Waals surface area contributed by atoms with E-state index < -0.39 is 0 Å². The zero-order valence-corrected chi connectivity index (χ0v) is 14.9. The molecule has 0 aromatic carbocycles. The molecule has 25 heavy (non-hydrogen) atoms. The van der Waals surface area contributed by atoms with Crippen LogP contribution in [0.4, 0.5) is 5.13 Å². The van der Waals surface area contributed by atoms with E-state index in [1.54, 1.807) is 17.5 Å². The summed E-state index contributed by atoms with van der Waals surface area (Å²) in [4.78, 5) is 6.79. The first-order valence-electron chi connectivity index (χ1n) is 8.40. The number of hydrogen-bond donors (Lipinski definition) is 1. The van der Waals surface area contributed by atoms with Gasteiger partial charge in [-0.3, -0.25) is 4.68 Å². The largest absolute Gasteiger partial charge is 0.390 e. The van der Waals surface area contributed by atoms with Crippen molar-refractivity contribution >= 4 is 16.5 Å². The normalized spacial score (nSPS) is 18.0. The SMILES string of the molecule is Cn1c(Cn2cccn2)nnc1[C@H]1CCCN(c2nc(CO)cs2)C1. The summed E-state index contributed by atoms with van der Waals surface area (Å²) < 4.78 is 3.95. The van der Waals surface area contributed by atoms with E-state index >= 15 is 0 Å².